The van der Waals surface area contributed by atoms with Gasteiger partial charge in [0.05, 0.1) is 16.8 Å². The second-order valence-electron chi connectivity index (χ2n) is 6.89. The highest BCUT2D eigenvalue weighted by atomic mass is 35.5. The lowest BCUT2D eigenvalue weighted by atomic mass is 10.0. The number of hydrogen-bond donors (Lipinski definition) is 0. The summed E-state index contributed by atoms with van der Waals surface area (Å²) in [5, 5.41) is 1.35. The number of benzene rings is 1. The highest BCUT2D eigenvalue weighted by molar-refractivity contribution is 6.31. The van der Waals surface area contributed by atoms with Gasteiger partial charge in [-0.1, -0.05) is 11.6 Å². The van der Waals surface area contributed by atoms with Gasteiger partial charge in [-0.25, -0.2) is 15.0 Å². The number of pyridine rings is 1. The number of amides is 1. The van der Waals surface area contributed by atoms with Crippen molar-refractivity contribution >= 4 is 28.4 Å². The largest absolute Gasteiger partial charge is 0.377 e. The smallest absolute Gasteiger partial charge is 0.254 e. The molecule has 144 valence electrons. The highest BCUT2D eigenvalue weighted by Gasteiger charge is 2.22. The fourth-order valence-electron chi connectivity index (χ4n) is 3.48. The Labute approximate surface area is 168 Å². The number of carbonyl (C=O) groups excluding carboxylic acids is 1. The lowest BCUT2D eigenvalue weighted by molar-refractivity contribution is 0.0726. The van der Waals surface area contributed by atoms with Crippen molar-refractivity contribution in [2.45, 2.75) is 25.9 Å². The summed E-state index contributed by atoms with van der Waals surface area (Å²) in [5.41, 5.74) is 2.76. The molecular formula is C21H21ClN4O2. The van der Waals surface area contributed by atoms with Gasteiger partial charge in [0.25, 0.3) is 5.91 Å². The standard InChI is InChI=1S/C21H21ClN4O2/c1-28-13-20-23-11-14(12-24-20)19-10-17(21(27)26-7-3-2-4-8-26)16-9-15(22)5-6-18(16)25-19/h5-6,9-12H,2-4,7-8,13H2,1H3. The molecule has 1 aromatic carbocycles. The van der Waals surface area contributed by atoms with E-state index < -0.39 is 0 Å². The molecule has 1 saturated heterocycles. The molecule has 1 aliphatic heterocycles. The van der Waals surface area contributed by atoms with Gasteiger partial charge in [-0.15, -0.1) is 0 Å². The molecule has 2 aromatic heterocycles. The molecule has 1 aliphatic rings. The van der Waals surface area contributed by atoms with E-state index in [1.807, 2.05) is 23.1 Å². The third-order valence-electron chi connectivity index (χ3n) is 4.92. The van der Waals surface area contributed by atoms with Gasteiger partial charge >= 0.3 is 0 Å². The van der Waals surface area contributed by atoms with Crippen LogP contribution in [0.5, 0.6) is 0 Å². The molecule has 1 amide bonds. The molecule has 0 bridgehead atoms. The zero-order chi connectivity index (χ0) is 19.5. The minimum absolute atomic E-state index is 0.0209. The van der Waals surface area contributed by atoms with E-state index in [4.69, 9.17) is 21.3 Å². The monoisotopic (exact) mass is 396 g/mol. The van der Waals surface area contributed by atoms with E-state index in [-0.39, 0.29) is 5.91 Å². The van der Waals surface area contributed by atoms with Gasteiger partial charge in [0.2, 0.25) is 0 Å². The van der Waals surface area contributed by atoms with Crippen LogP contribution in [0.25, 0.3) is 22.2 Å². The number of methoxy groups -OCH3 is 1. The number of piperidine rings is 1. The van der Waals surface area contributed by atoms with Gasteiger partial charge in [0.15, 0.2) is 5.82 Å². The minimum Gasteiger partial charge on any atom is -0.377 e. The Morgan fingerprint density at radius 1 is 1.14 bits per heavy atom. The molecule has 0 N–H and O–H groups in total. The molecular weight excluding hydrogens is 376 g/mol. The number of halogens is 1. The van der Waals surface area contributed by atoms with Crippen LogP contribution in [0.1, 0.15) is 35.4 Å². The number of fused-ring (bicyclic) bond motifs is 1. The SMILES string of the molecule is COCc1ncc(-c2cc(C(=O)N3CCCCC3)c3cc(Cl)ccc3n2)cn1. The topological polar surface area (TPSA) is 68.2 Å². The highest BCUT2D eigenvalue weighted by Crippen LogP contribution is 2.28. The van der Waals surface area contributed by atoms with E-state index in [0.29, 0.717) is 28.7 Å². The first-order chi connectivity index (χ1) is 13.7. The normalized spacial score (nSPS) is 14.4. The average molecular weight is 397 g/mol. The Morgan fingerprint density at radius 3 is 2.61 bits per heavy atom. The summed E-state index contributed by atoms with van der Waals surface area (Å²) >= 11 is 6.20. The maximum atomic E-state index is 13.3. The van der Waals surface area contributed by atoms with E-state index >= 15 is 0 Å². The summed E-state index contributed by atoms with van der Waals surface area (Å²) in [5.74, 6) is 0.621. The average Bonchev–Trinajstić information content (AvgIpc) is 2.74. The summed E-state index contributed by atoms with van der Waals surface area (Å²) in [4.78, 5) is 28.5. The minimum atomic E-state index is 0.0209. The van der Waals surface area contributed by atoms with Crippen LogP contribution in [-0.4, -0.2) is 46.0 Å². The molecule has 6 nitrogen and oxygen atoms in total. The van der Waals surface area contributed by atoms with Gasteiger partial charge in [0, 0.05) is 48.6 Å². The van der Waals surface area contributed by atoms with Crippen LogP contribution in [0.4, 0.5) is 0 Å². The predicted octanol–water partition coefficient (Wildman–Crippen LogP) is 4.12. The van der Waals surface area contributed by atoms with Crippen molar-refractivity contribution < 1.29 is 9.53 Å². The molecule has 3 heterocycles. The maximum Gasteiger partial charge on any atom is 0.254 e. The second-order valence-corrected chi connectivity index (χ2v) is 7.33. The molecule has 0 atom stereocenters. The van der Waals surface area contributed by atoms with Crippen LogP contribution in [-0.2, 0) is 11.3 Å². The molecule has 1 fully saturated rings. The first kappa shape index (κ1) is 18.8. The summed E-state index contributed by atoms with van der Waals surface area (Å²) in [6, 6.07) is 7.26. The van der Waals surface area contributed by atoms with E-state index in [9.17, 15) is 4.79 Å². The summed E-state index contributed by atoms with van der Waals surface area (Å²) in [6.07, 6.45) is 6.67. The number of aromatic nitrogens is 3. The van der Waals surface area contributed by atoms with Crippen LogP contribution in [0.15, 0.2) is 36.7 Å². The molecule has 0 aliphatic carbocycles. The zero-order valence-electron chi connectivity index (χ0n) is 15.7. The van der Waals surface area contributed by atoms with Crippen molar-refractivity contribution in [2.75, 3.05) is 20.2 Å². The Kier molecular flexibility index (Phi) is 5.50. The fourth-order valence-corrected chi connectivity index (χ4v) is 3.65. The van der Waals surface area contributed by atoms with Gasteiger partial charge in [0.1, 0.15) is 6.61 Å². The molecule has 7 heteroatoms. The Hall–Kier alpha value is -2.57. The predicted molar refractivity (Wildman–Crippen MR) is 108 cm³/mol. The molecule has 28 heavy (non-hydrogen) atoms. The number of rotatable bonds is 4. The third kappa shape index (κ3) is 3.84. The lowest BCUT2D eigenvalue weighted by Crippen LogP contribution is -2.35. The van der Waals surface area contributed by atoms with E-state index in [1.165, 1.54) is 6.42 Å². The number of carbonyl (C=O) groups is 1. The van der Waals surface area contributed by atoms with Crippen molar-refractivity contribution in [1.29, 1.82) is 0 Å². The van der Waals surface area contributed by atoms with Crippen LogP contribution in [0, 0.1) is 0 Å². The summed E-state index contributed by atoms with van der Waals surface area (Å²) in [7, 11) is 1.60. The molecule has 0 radical (unpaired) electrons. The number of nitrogens with zero attached hydrogens (tertiary/aromatic N) is 4. The van der Waals surface area contributed by atoms with Crippen LogP contribution in [0.3, 0.4) is 0 Å². The summed E-state index contributed by atoms with van der Waals surface area (Å²) in [6.45, 7) is 1.92. The summed E-state index contributed by atoms with van der Waals surface area (Å²) < 4.78 is 5.06. The van der Waals surface area contributed by atoms with Crippen molar-refractivity contribution in [3.05, 3.63) is 53.1 Å². The van der Waals surface area contributed by atoms with Crippen LogP contribution < -0.4 is 0 Å². The first-order valence-electron chi connectivity index (χ1n) is 9.35. The number of ether oxygens (including phenoxy) is 1. The van der Waals surface area contributed by atoms with Crippen LogP contribution in [0.2, 0.25) is 5.02 Å². The Bertz CT molecular complexity index is 1000. The zero-order valence-corrected chi connectivity index (χ0v) is 16.4. The first-order valence-corrected chi connectivity index (χ1v) is 9.73. The van der Waals surface area contributed by atoms with Gasteiger partial charge in [-0.3, -0.25) is 4.79 Å². The van der Waals surface area contributed by atoms with Crippen molar-refractivity contribution in [2.24, 2.45) is 0 Å². The maximum absolute atomic E-state index is 13.3. The molecule has 0 spiro atoms. The lowest BCUT2D eigenvalue weighted by Gasteiger charge is -2.27. The molecule has 4 rings (SSSR count). The number of likely N-dealkylation sites (tertiary alicyclic amines) is 1. The van der Waals surface area contributed by atoms with Crippen molar-refractivity contribution in [3.63, 3.8) is 0 Å². The quantitative estimate of drug-likeness (QED) is 0.663. The van der Waals surface area contributed by atoms with Gasteiger partial charge in [-0.2, -0.15) is 0 Å². The molecule has 0 unspecified atom stereocenters. The Morgan fingerprint density at radius 2 is 1.89 bits per heavy atom. The van der Waals surface area contributed by atoms with Crippen LogP contribution >= 0.6 is 11.6 Å². The third-order valence-corrected chi connectivity index (χ3v) is 5.15. The van der Waals surface area contributed by atoms with E-state index in [0.717, 1.165) is 42.4 Å². The van der Waals surface area contributed by atoms with Gasteiger partial charge in [-0.05, 0) is 43.5 Å². The van der Waals surface area contributed by atoms with E-state index in [2.05, 4.69) is 9.97 Å². The van der Waals surface area contributed by atoms with Crippen molar-refractivity contribution in [3.8, 4) is 11.3 Å². The van der Waals surface area contributed by atoms with Crippen molar-refractivity contribution in [1.82, 2.24) is 19.9 Å². The second kappa shape index (κ2) is 8.20. The number of hydrogen-bond acceptors (Lipinski definition) is 5. The van der Waals surface area contributed by atoms with Gasteiger partial charge < -0.3 is 9.64 Å². The van der Waals surface area contributed by atoms with E-state index in [1.54, 1.807) is 25.6 Å². The Balaban J connectivity index is 1.80. The molecule has 3 aromatic rings. The molecule has 0 saturated carbocycles. The fraction of sp³-hybridized carbons (Fsp3) is 0.333.